The van der Waals surface area contributed by atoms with Crippen LogP contribution in [0.4, 0.5) is 0 Å². The normalized spacial score (nSPS) is 14.6. The van der Waals surface area contributed by atoms with Gasteiger partial charge in [-0.25, -0.2) is 0 Å². The highest BCUT2D eigenvalue weighted by atomic mass is 28.3. The average Bonchev–Trinajstić information content (AvgIpc) is 3.27. The Hall–Kier alpha value is -2.90. The van der Waals surface area contributed by atoms with E-state index < -0.39 is 8.80 Å². The Kier molecular flexibility index (Phi) is 3.48. The third kappa shape index (κ3) is 2.11. The van der Waals surface area contributed by atoms with E-state index in [0.717, 1.165) is 0 Å². The number of benzene rings is 4. The molecule has 4 aromatic carbocycles. The van der Waals surface area contributed by atoms with Crippen molar-refractivity contribution in [3.8, 4) is 22.3 Å². The summed E-state index contributed by atoms with van der Waals surface area (Å²) in [6, 6.07) is 36.3. The summed E-state index contributed by atoms with van der Waals surface area (Å²) in [6.07, 6.45) is 0. The van der Waals surface area contributed by atoms with Gasteiger partial charge in [0.05, 0.1) is 8.80 Å². The minimum absolute atomic E-state index is 0.566. The van der Waals surface area contributed by atoms with Crippen molar-refractivity contribution in [2.24, 2.45) is 0 Å². The fourth-order valence-corrected chi connectivity index (χ4v) is 9.53. The molecule has 6 rings (SSSR count). The minimum Gasteiger partial charge on any atom is -0.0704 e. The summed E-state index contributed by atoms with van der Waals surface area (Å²) in [4.78, 5) is 0. The van der Waals surface area contributed by atoms with Gasteiger partial charge in [0.25, 0.3) is 0 Å². The third-order valence-corrected chi connectivity index (χ3v) is 10.4. The van der Waals surface area contributed by atoms with Crippen molar-refractivity contribution in [1.29, 1.82) is 0 Å². The van der Waals surface area contributed by atoms with Crippen LogP contribution in [0.3, 0.4) is 0 Å². The highest BCUT2D eigenvalue weighted by Gasteiger charge is 2.41. The van der Waals surface area contributed by atoms with Crippen LogP contribution in [0.2, 0.25) is 6.55 Å². The van der Waals surface area contributed by atoms with Crippen LogP contribution in [0.25, 0.3) is 22.3 Å². The number of fused-ring (bicyclic) bond motifs is 6. The van der Waals surface area contributed by atoms with Gasteiger partial charge < -0.3 is 0 Å². The molecule has 0 aliphatic heterocycles. The molecule has 0 aromatic heterocycles. The highest BCUT2D eigenvalue weighted by molar-refractivity contribution is 6.63. The maximum atomic E-state index is 2.59. The molecule has 0 N–H and O–H groups in total. The van der Waals surface area contributed by atoms with Crippen molar-refractivity contribution in [2.75, 3.05) is 0 Å². The first-order chi connectivity index (χ1) is 13.8. The van der Waals surface area contributed by atoms with Gasteiger partial charge in [-0.15, -0.1) is 0 Å². The molecule has 0 atom stereocenters. The van der Waals surface area contributed by atoms with Crippen molar-refractivity contribution in [3.63, 3.8) is 0 Å². The summed E-state index contributed by atoms with van der Waals surface area (Å²) in [5, 5.41) is 0. The van der Waals surface area contributed by atoms with Gasteiger partial charge in [-0.3, -0.25) is 0 Å². The zero-order valence-electron chi connectivity index (χ0n) is 16.0. The summed E-state index contributed by atoms with van der Waals surface area (Å²) in [5.41, 5.74) is 13.1. The van der Waals surface area contributed by atoms with Crippen LogP contribution in [-0.2, 0) is 0 Å². The predicted octanol–water partition coefficient (Wildman–Crippen LogP) is 6.55. The van der Waals surface area contributed by atoms with Crippen LogP contribution in [-0.4, -0.2) is 8.80 Å². The summed E-state index contributed by atoms with van der Waals surface area (Å²) < 4.78 is 0. The van der Waals surface area contributed by atoms with Crippen molar-refractivity contribution in [1.82, 2.24) is 0 Å². The fraction of sp³-hybridized carbons (Fsp3) is 0.111. The molecular weight excluding hydrogens is 352 g/mol. The Labute approximate surface area is 168 Å². The predicted molar refractivity (Wildman–Crippen MR) is 120 cm³/mol. The molecule has 2 aliphatic rings. The van der Waals surface area contributed by atoms with Crippen molar-refractivity contribution < 1.29 is 0 Å². The van der Waals surface area contributed by atoms with E-state index >= 15 is 0 Å². The molecule has 0 unspecified atom stereocenters. The number of hydrogen-bond acceptors (Lipinski definition) is 0. The zero-order chi connectivity index (χ0) is 18.7. The first-order valence-electron chi connectivity index (χ1n) is 10.2. The molecule has 1 heteroatoms. The molecule has 0 saturated heterocycles. The largest absolute Gasteiger partial charge is 0.0704 e. The Bertz CT molecular complexity index is 1020. The Morgan fingerprint density at radius 3 is 0.964 bits per heavy atom. The lowest BCUT2D eigenvalue weighted by atomic mass is 10.1. The van der Waals surface area contributed by atoms with E-state index in [4.69, 9.17) is 0 Å². The van der Waals surface area contributed by atoms with E-state index in [1.54, 1.807) is 22.3 Å². The summed E-state index contributed by atoms with van der Waals surface area (Å²) in [5.74, 6) is 0. The second-order valence-electron chi connectivity index (χ2n) is 8.16. The molecule has 2 aliphatic carbocycles. The summed E-state index contributed by atoms with van der Waals surface area (Å²) in [7, 11) is -1.26. The van der Waals surface area contributed by atoms with Crippen LogP contribution < -0.4 is 0 Å². The monoisotopic (exact) mass is 374 g/mol. The molecule has 4 aromatic rings. The van der Waals surface area contributed by atoms with Gasteiger partial charge in [-0.1, -0.05) is 104 Å². The maximum absolute atomic E-state index is 2.59. The van der Waals surface area contributed by atoms with E-state index in [9.17, 15) is 0 Å². The second-order valence-corrected chi connectivity index (χ2v) is 11.2. The van der Waals surface area contributed by atoms with Gasteiger partial charge in [0.1, 0.15) is 0 Å². The van der Waals surface area contributed by atoms with Gasteiger partial charge in [-0.05, 0) is 44.5 Å². The second kappa shape index (κ2) is 6.05. The molecule has 0 saturated carbocycles. The van der Waals surface area contributed by atoms with Crippen LogP contribution >= 0.6 is 0 Å². The lowest BCUT2D eigenvalue weighted by Crippen LogP contribution is -2.28. The Morgan fingerprint density at radius 1 is 0.429 bits per heavy atom. The SMILES string of the molecule is C[SiH](C1c2ccccc2-c2ccccc21)C1c2ccccc2-c2ccccc21. The molecule has 0 bridgehead atoms. The van der Waals surface area contributed by atoms with E-state index in [1.807, 2.05) is 0 Å². The van der Waals surface area contributed by atoms with Crippen LogP contribution in [0.5, 0.6) is 0 Å². The van der Waals surface area contributed by atoms with E-state index in [2.05, 4.69) is 104 Å². The Morgan fingerprint density at radius 2 is 0.679 bits per heavy atom. The van der Waals surface area contributed by atoms with Gasteiger partial charge in [0, 0.05) is 11.1 Å². The standard InChI is InChI=1S/C27H22Si/c1-28(26-22-14-6-2-10-18(22)19-11-3-7-15-23(19)26)27-24-16-8-4-12-20(24)21-13-5-9-17-25(21)27/h2-17,26-28H,1H3. The van der Waals surface area contributed by atoms with Crippen molar-refractivity contribution >= 4 is 8.80 Å². The summed E-state index contributed by atoms with van der Waals surface area (Å²) in [6.45, 7) is 2.59. The van der Waals surface area contributed by atoms with E-state index in [0.29, 0.717) is 11.1 Å². The molecule has 0 amide bonds. The van der Waals surface area contributed by atoms with Crippen molar-refractivity contribution in [2.45, 2.75) is 17.6 Å². The molecular formula is C27H22Si. The third-order valence-electron chi connectivity index (χ3n) is 6.82. The molecule has 28 heavy (non-hydrogen) atoms. The molecule has 134 valence electrons. The molecule has 0 heterocycles. The molecule has 0 spiro atoms. The van der Waals surface area contributed by atoms with E-state index in [1.165, 1.54) is 22.3 Å². The first-order valence-corrected chi connectivity index (χ1v) is 12.7. The van der Waals surface area contributed by atoms with Crippen LogP contribution in [0, 0.1) is 0 Å². The summed E-state index contributed by atoms with van der Waals surface area (Å²) >= 11 is 0. The topological polar surface area (TPSA) is 0 Å². The number of hydrogen-bond donors (Lipinski definition) is 0. The molecule has 0 radical (unpaired) electrons. The van der Waals surface area contributed by atoms with Gasteiger partial charge >= 0.3 is 0 Å². The van der Waals surface area contributed by atoms with Gasteiger partial charge in [0.15, 0.2) is 0 Å². The molecule has 0 fully saturated rings. The zero-order valence-corrected chi connectivity index (χ0v) is 17.1. The fourth-order valence-electron chi connectivity index (χ4n) is 5.71. The minimum atomic E-state index is -1.26. The maximum Gasteiger partial charge on any atom is 0.0608 e. The smallest absolute Gasteiger partial charge is 0.0608 e. The lowest BCUT2D eigenvalue weighted by Gasteiger charge is -2.28. The average molecular weight is 375 g/mol. The first kappa shape index (κ1) is 16.1. The Balaban J connectivity index is 1.56. The molecule has 0 nitrogen and oxygen atoms in total. The van der Waals surface area contributed by atoms with Crippen molar-refractivity contribution in [3.05, 3.63) is 119 Å². The quantitative estimate of drug-likeness (QED) is 0.349. The highest BCUT2D eigenvalue weighted by Crippen LogP contribution is 2.52. The van der Waals surface area contributed by atoms with Crippen LogP contribution in [0.15, 0.2) is 97.1 Å². The lowest BCUT2D eigenvalue weighted by molar-refractivity contribution is 1.05. The van der Waals surface area contributed by atoms with Crippen LogP contribution in [0.1, 0.15) is 33.3 Å². The van der Waals surface area contributed by atoms with Gasteiger partial charge in [-0.2, -0.15) is 0 Å². The van der Waals surface area contributed by atoms with Gasteiger partial charge in [0.2, 0.25) is 0 Å². The number of rotatable bonds is 2. The van der Waals surface area contributed by atoms with E-state index in [-0.39, 0.29) is 0 Å².